The molecule has 0 bridgehead atoms. The van der Waals surface area contributed by atoms with Gasteiger partial charge in [0, 0.05) is 0 Å². The van der Waals surface area contributed by atoms with Crippen LogP contribution in [-0.2, 0) is 0 Å². The van der Waals surface area contributed by atoms with Gasteiger partial charge in [-0.3, -0.25) is 0 Å². The van der Waals surface area contributed by atoms with Gasteiger partial charge in [-0.25, -0.2) is 0 Å². The van der Waals surface area contributed by atoms with E-state index in [9.17, 15) is 0 Å². The zero-order valence-electron chi connectivity index (χ0n) is 4.23. The van der Waals surface area contributed by atoms with Gasteiger partial charge in [0.1, 0.15) is 0 Å². The standard InChI is InChI=1S/C2H5O.CH3O.Sr/c1-2-3;1-2;/h2H2,1H3;1H3;/q2*-1;+2. The van der Waals surface area contributed by atoms with Crippen LogP contribution in [0.1, 0.15) is 6.92 Å². The number of hydrogen-bond acceptors (Lipinski definition) is 2. The Morgan fingerprint density at radius 2 is 1.33 bits per heavy atom. The summed E-state index contributed by atoms with van der Waals surface area (Å²) in [6.07, 6.45) is 0. The Kier molecular flexibility index (Phi) is 84.5. The van der Waals surface area contributed by atoms with Gasteiger partial charge in [-0.1, -0.05) is 6.92 Å². The molecule has 0 aliphatic carbocycles. The average Bonchev–Trinajstić information content (AvgIpc) is 1.46. The van der Waals surface area contributed by atoms with Crippen LogP contribution in [0.3, 0.4) is 0 Å². The van der Waals surface area contributed by atoms with Crippen molar-refractivity contribution in [1.82, 2.24) is 0 Å². The van der Waals surface area contributed by atoms with Crippen molar-refractivity contribution < 1.29 is 10.2 Å². The van der Waals surface area contributed by atoms with Crippen molar-refractivity contribution in [3.8, 4) is 0 Å². The Bertz CT molecular complexity index is 8.75. The second kappa shape index (κ2) is 32.4. The molecule has 0 saturated heterocycles. The molecule has 34 valence electrons. The fourth-order valence-corrected chi connectivity index (χ4v) is 0. The maximum Gasteiger partial charge on any atom is 2.00 e. The third-order valence-electron chi connectivity index (χ3n) is 0. The zero-order chi connectivity index (χ0) is 4.71. The van der Waals surface area contributed by atoms with Crippen LogP contribution in [0.2, 0.25) is 0 Å². The third kappa shape index (κ3) is 53.3. The van der Waals surface area contributed by atoms with Crippen molar-refractivity contribution in [1.29, 1.82) is 0 Å². The van der Waals surface area contributed by atoms with Gasteiger partial charge in [-0.15, -0.1) is 6.61 Å². The Labute approximate surface area is 75.5 Å². The molecule has 3 heteroatoms. The van der Waals surface area contributed by atoms with Gasteiger partial charge in [0.15, 0.2) is 0 Å². The summed E-state index contributed by atoms with van der Waals surface area (Å²) < 4.78 is 0. The molecule has 0 aromatic rings. The first-order valence-electron chi connectivity index (χ1n) is 1.40. The van der Waals surface area contributed by atoms with Gasteiger partial charge in [-0.05, 0) is 0 Å². The maximum absolute atomic E-state index is 8.93. The van der Waals surface area contributed by atoms with Crippen LogP contribution < -0.4 is 10.2 Å². The molecular formula is C3H8O2Sr. The van der Waals surface area contributed by atoms with E-state index in [-0.39, 0.29) is 52.1 Å². The molecule has 0 saturated carbocycles. The van der Waals surface area contributed by atoms with Crippen LogP contribution in [-0.4, -0.2) is 59.2 Å². The first-order chi connectivity index (χ1) is 2.41. The quantitative estimate of drug-likeness (QED) is 0.387. The van der Waals surface area contributed by atoms with E-state index < -0.39 is 0 Å². The van der Waals surface area contributed by atoms with Crippen molar-refractivity contribution >= 4 is 45.5 Å². The van der Waals surface area contributed by atoms with Crippen molar-refractivity contribution in [2.24, 2.45) is 0 Å². The van der Waals surface area contributed by atoms with Crippen LogP contribution in [0, 0.1) is 0 Å². The normalized spacial score (nSPS) is 4.00. The zero-order valence-corrected chi connectivity index (χ0v) is 7.71. The fourth-order valence-electron chi connectivity index (χ4n) is 0. The molecule has 0 atom stereocenters. The molecule has 0 amide bonds. The fraction of sp³-hybridized carbons (Fsp3) is 1.00. The van der Waals surface area contributed by atoms with Crippen LogP contribution in [0.4, 0.5) is 0 Å². The minimum Gasteiger partial charge on any atom is -0.857 e. The summed E-state index contributed by atoms with van der Waals surface area (Å²) in [6, 6.07) is 0. The molecule has 0 radical (unpaired) electrons. The van der Waals surface area contributed by atoms with Crippen molar-refractivity contribution in [3.05, 3.63) is 0 Å². The summed E-state index contributed by atoms with van der Waals surface area (Å²) >= 11 is 0. The molecule has 0 N–H and O–H groups in total. The van der Waals surface area contributed by atoms with Gasteiger partial charge in [-0.2, -0.15) is 7.11 Å². The molecule has 0 heterocycles. The van der Waals surface area contributed by atoms with Crippen LogP contribution in [0.5, 0.6) is 0 Å². The SMILES string of the molecule is CC[O-].C[O-].[Sr+2]. The van der Waals surface area contributed by atoms with E-state index in [1.54, 1.807) is 6.92 Å². The predicted octanol–water partition coefficient (Wildman–Crippen LogP) is -2.04. The molecule has 0 aromatic carbocycles. The summed E-state index contributed by atoms with van der Waals surface area (Å²) in [5, 5.41) is 17.2. The maximum atomic E-state index is 8.93. The molecule has 6 heavy (non-hydrogen) atoms. The summed E-state index contributed by atoms with van der Waals surface area (Å²) in [7, 11) is 0.750. The van der Waals surface area contributed by atoms with Gasteiger partial charge < -0.3 is 10.2 Å². The van der Waals surface area contributed by atoms with E-state index in [1.807, 2.05) is 0 Å². The van der Waals surface area contributed by atoms with Crippen molar-refractivity contribution in [3.63, 3.8) is 0 Å². The Morgan fingerprint density at radius 3 is 1.33 bits per heavy atom. The van der Waals surface area contributed by atoms with Gasteiger partial charge in [0.05, 0.1) is 0 Å². The van der Waals surface area contributed by atoms with E-state index in [0.29, 0.717) is 0 Å². The van der Waals surface area contributed by atoms with E-state index in [2.05, 4.69) is 0 Å². The molecule has 0 aromatic heterocycles. The van der Waals surface area contributed by atoms with E-state index >= 15 is 0 Å². The van der Waals surface area contributed by atoms with Crippen molar-refractivity contribution in [2.75, 3.05) is 13.7 Å². The summed E-state index contributed by atoms with van der Waals surface area (Å²) in [6.45, 7) is 1.57. The second-order valence-corrected chi connectivity index (χ2v) is 0.289. The number of rotatable bonds is 0. The topological polar surface area (TPSA) is 46.1 Å². The van der Waals surface area contributed by atoms with Crippen LogP contribution >= 0.6 is 0 Å². The third-order valence-corrected chi connectivity index (χ3v) is 0. The molecule has 0 unspecified atom stereocenters. The number of hydrogen-bond donors (Lipinski definition) is 0. The molecule has 0 aliphatic rings. The Hall–Kier alpha value is 1.40. The summed E-state index contributed by atoms with van der Waals surface area (Å²) in [4.78, 5) is 0. The monoisotopic (exact) mass is 164 g/mol. The van der Waals surface area contributed by atoms with Crippen molar-refractivity contribution in [2.45, 2.75) is 6.92 Å². The minimum atomic E-state index is 0. The predicted molar refractivity (Wildman–Crippen MR) is 22.2 cm³/mol. The first kappa shape index (κ1) is 15.7. The van der Waals surface area contributed by atoms with Crippen LogP contribution in [0.15, 0.2) is 0 Å². The first-order valence-corrected chi connectivity index (χ1v) is 1.40. The molecule has 0 spiro atoms. The average molecular weight is 164 g/mol. The Balaban J connectivity index is -0.0000000275. The smallest absolute Gasteiger partial charge is 0.857 e. The molecule has 2 nitrogen and oxygen atoms in total. The van der Waals surface area contributed by atoms with E-state index in [1.165, 1.54) is 0 Å². The van der Waals surface area contributed by atoms with Gasteiger partial charge in [0.25, 0.3) is 0 Å². The molecule has 0 aliphatic heterocycles. The van der Waals surface area contributed by atoms with Gasteiger partial charge in [0.2, 0.25) is 0 Å². The minimum absolute atomic E-state index is 0. The summed E-state index contributed by atoms with van der Waals surface area (Å²) in [5.74, 6) is 0. The second-order valence-electron chi connectivity index (χ2n) is 0.289. The molecular weight excluding hydrogens is 156 g/mol. The van der Waals surface area contributed by atoms with E-state index in [4.69, 9.17) is 10.2 Å². The van der Waals surface area contributed by atoms with Crippen LogP contribution in [0.25, 0.3) is 0 Å². The van der Waals surface area contributed by atoms with Gasteiger partial charge >= 0.3 is 45.5 Å². The van der Waals surface area contributed by atoms with E-state index in [0.717, 1.165) is 7.11 Å². The Morgan fingerprint density at radius 1 is 1.33 bits per heavy atom. The largest absolute Gasteiger partial charge is 2.00 e. The summed E-state index contributed by atoms with van der Waals surface area (Å²) in [5.41, 5.74) is 0. The molecule has 0 rings (SSSR count). The molecule has 0 fully saturated rings.